The molecule has 3 N–H and O–H groups in total. The van der Waals surface area contributed by atoms with Gasteiger partial charge in [-0.25, -0.2) is 14.5 Å². The highest BCUT2D eigenvalue weighted by Crippen LogP contribution is 2.36. The highest BCUT2D eigenvalue weighted by Gasteiger charge is 2.22. The Morgan fingerprint density at radius 3 is 2.59 bits per heavy atom. The van der Waals surface area contributed by atoms with Gasteiger partial charge < -0.3 is 15.4 Å². The van der Waals surface area contributed by atoms with Gasteiger partial charge in [-0.15, -0.1) is 11.8 Å². The summed E-state index contributed by atoms with van der Waals surface area (Å²) in [6.07, 6.45) is 4.51. The molecule has 3 amide bonds. The molecule has 0 radical (unpaired) electrons. The number of hydrogen-bond acceptors (Lipinski definition) is 6. The van der Waals surface area contributed by atoms with Gasteiger partial charge in [-0.05, 0) is 49.1 Å². The molecule has 2 aromatic carbocycles. The lowest BCUT2D eigenvalue weighted by atomic mass is 9.92. The first-order chi connectivity index (χ1) is 18.7. The third-order valence-electron chi connectivity index (χ3n) is 6.24. The summed E-state index contributed by atoms with van der Waals surface area (Å²) in [6, 6.07) is 18.5. The lowest BCUT2D eigenvalue weighted by molar-refractivity contribution is -0.116. The molecule has 5 rings (SSSR count). The molecule has 0 saturated carbocycles. The Balaban J connectivity index is 1.34. The van der Waals surface area contributed by atoms with Crippen LogP contribution in [-0.2, 0) is 16.6 Å². The van der Waals surface area contributed by atoms with Crippen molar-refractivity contribution in [3.05, 3.63) is 78.1 Å². The van der Waals surface area contributed by atoms with Crippen LogP contribution in [0.15, 0.2) is 71.8 Å². The number of thioether (sulfide) groups is 1. The Hall–Kier alpha value is -4.31. The van der Waals surface area contributed by atoms with E-state index in [2.05, 4.69) is 41.7 Å². The standard InChI is InChI=1S/C29H30N6O3S/c1-29(2,3)24-17-25(35(34-24)18-8-6-5-7-9-18)32-28(37)31-21-12-10-19(16-23(21)39-4)38-22-14-15-30-27-20(22)11-13-26(36)33-27/h5-10,12,14-17H,11,13H2,1-4H3,(H,30,33,36)(H2,31,32,37). The molecule has 0 unspecified atom stereocenters. The van der Waals surface area contributed by atoms with E-state index in [-0.39, 0.29) is 17.4 Å². The van der Waals surface area contributed by atoms with E-state index in [0.29, 0.717) is 41.7 Å². The number of amides is 3. The van der Waals surface area contributed by atoms with E-state index in [1.54, 1.807) is 23.0 Å². The molecule has 0 spiro atoms. The van der Waals surface area contributed by atoms with Crippen molar-refractivity contribution in [3.8, 4) is 17.2 Å². The van der Waals surface area contributed by atoms with E-state index >= 15 is 0 Å². The zero-order valence-corrected chi connectivity index (χ0v) is 23.1. The summed E-state index contributed by atoms with van der Waals surface area (Å²) < 4.78 is 7.91. The maximum Gasteiger partial charge on any atom is 0.324 e. The third kappa shape index (κ3) is 5.91. The van der Waals surface area contributed by atoms with Crippen LogP contribution in [0.1, 0.15) is 38.4 Å². The number of para-hydroxylation sites is 1. The third-order valence-corrected chi connectivity index (χ3v) is 7.02. The maximum absolute atomic E-state index is 13.1. The molecule has 1 aliphatic rings. The van der Waals surface area contributed by atoms with Crippen molar-refractivity contribution >= 4 is 41.0 Å². The van der Waals surface area contributed by atoms with Crippen molar-refractivity contribution in [2.45, 2.75) is 43.9 Å². The van der Waals surface area contributed by atoms with Crippen LogP contribution in [0.4, 0.5) is 22.1 Å². The second-order valence-electron chi connectivity index (χ2n) is 10.1. The normalized spacial score (nSPS) is 12.9. The highest BCUT2D eigenvalue weighted by atomic mass is 32.2. The first-order valence-corrected chi connectivity index (χ1v) is 13.8. The highest BCUT2D eigenvalue weighted by molar-refractivity contribution is 7.98. The molecular weight excluding hydrogens is 512 g/mol. The van der Waals surface area contributed by atoms with Gasteiger partial charge in [0.2, 0.25) is 5.91 Å². The van der Waals surface area contributed by atoms with E-state index in [4.69, 9.17) is 9.84 Å². The van der Waals surface area contributed by atoms with Crippen LogP contribution in [-0.4, -0.2) is 33.0 Å². The van der Waals surface area contributed by atoms with Crippen LogP contribution >= 0.6 is 11.8 Å². The van der Waals surface area contributed by atoms with Crippen molar-refractivity contribution in [2.75, 3.05) is 22.2 Å². The Bertz CT molecular complexity index is 1530. The number of anilines is 3. The fourth-order valence-electron chi connectivity index (χ4n) is 4.19. The van der Waals surface area contributed by atoms with Crippen LogP contribution in [0.2, 0.25) is 0 Å². The quantitative estimate of drug-likeness (QED) is 0.237. The van der Waals surface area contributed by atoms with E-state index in [1.165, 1.54) is 11.8 Å². The van der Waals surface area contributed by atoms with Gasteiger partial charge in [0.25, 0.3) is 0 Å². The topological polar surface area (TPSA) is 110 Å². The molecule has 4 aromatic rings. The molecular formula is C29H30N6O3S. The Morgan fingerprint density at radius 2 is 1.85 bits per heavy atom. The number of aromatic nitrogens is 3. The molecule has 0 saturated heterocycles. The molecule has 9 nitrogen and oxygen atoms in total. The van der Waals surface area contributed by atoms with Gasteiger partial charge in [0.05, 0.1) is 17.1 Å². The summed E-state index contributed by atoms with van der Waals surface area (Å²) in [5, 5.41) is 13.5. The van der Waals surface area contributed by atoms with Gasteiger partial charge in [-0.1, -0.05) is 39.0 Å². The van der Waals surface area contributed by atoms with Gasteiger partial charge in [-0.2, -0.15) is 5.10 Å². The summed E-state index contributed by atoms with van der Waals surface area (Å²) >= 11 is 1.50. The number of carbonyl (C=O) groups is 2. The largest absolute Gasteiger partial charge is 0.457 e. The van der Waals surface area contributed by atoms with Gasteiger partial charge >= 0.3 is 6.03 Å². The number of nitrogens with one attached hydrogen (secondary N) is 3. The smallest absolute Gasteiger partial charge is 0.324 e. The second-order valence-corrected chi connectivity index (χ2v) is 11.0. The summed E-state index contributed by atoms with van der Waals surface area (Å²) in [6.45, 7) is 6.25. The number of ether oxygens (including phenoxy) is 1. The molecule has 10 heteroatoms. The predicted octanol–water partition coefficient (Wildman–Crippen LogP) is 6.61. The average Bonchev–Trinajstić information content (AvgIpc) is 3.34. The monoisotopic (exact) mass is 542 g/mol. The Kier molecular flexibility index (Phi) is 7.30. The van der Waals surface area contributed by atoms with Crippen LogP contribution < -0.4 is 20.7 Å². The number of benzene rings is 2. The number of carbonyl (C=O) groups excluding carboxylic acids is 2. The summed E-state index contributed by atoms with van der Waals surface area (Å²) in [7, 11) is 0. The fraction of sp³-hybridized carbons (Fsp3) is 0.241. The molecule has 0 aliphatic carbocycles. The molecule has 0 fully saturated rings. The predicted molar refractivity (Wildman–Crippen MR) is 154 cm³/mol. The van der Waals surface area contributed by atoms with E-state index < -0.39 is 0 Å². The molecule has 0 bridgehead atoms. The van der Waals surface area contributed by atoms with E-state index in [9.17, 15) is 9.59 Å². The molecule has 3 heterocycles. The fourth-order valence-corrected chi connectivity index (χ4v) is 4.76. The SMILES string of the molecule is CSc1cc(Oc2ccnc3c2CCC(=O)N3)ccc1NC(=O)Nc1cc(C(C)(C)C)nn1-c1ccccc1. The minimum Gasteiger partial charge on any atom is -0.457 e. The van der Waals surface area contributed by atoms with Gasteiger partial charge in [0, 0.05) is 34.6 Å². The summed E-state index contributed by atoms with van der Waals surface area (Å²) in [5.74, 6) is 2.32. The number of hydrogen-bond donors (Lipinski definition) is 3. The minimum absolute atomic E-state index is 0.0491. The average molecular weight is 543 g/mol. The van der Waals surface area contributed by atoms with E-state index in [0.717, 1.165) is 21.8 Å². The number of pyridine rings is 1. The zero-order chi connectivity index (χ0) is 27.6. The second kappa shape index (κ2) is 10.8. The number of rotatable bonds is 6. The molecule has 2 aromatic heterocycles. The van der Waals surface area contributed by atoms with Crippen LogP contribution in [0.5, 0.6) is 11.5 Å². The number of fused-ring (bicyclic) bond motifs is 1. The first kappa shape index (κ1) is 26.3. The summed E-state index contributed by atoms with van der Waals surface area (Å²) in [5.41, 5.74) is 3.06. The van der Waals surface area contributed by atoms with Gasteiger partial charge in [-0.3, -0.25) is 10.1 Å². The first-order valence-electron chi connectivity index (χ1n) is 12.6. The van der Waals surface area contributed by atoms with Crippen molar-refractivity contribution in [1.29, 1.82) is 0 Å². The Morgan fingerprint density at radius 1 is 1.05 bits per heavy atom. The van der Waals surface area contributed by atoms with Crippen molar-refractivity contribution < 1.29 is 14.3 Å². The van der Waals surface area contributed by atoms with Crippen molar-refractivity contribution in [2.24, 2.45) is 0 Å². The molecule has 200 valence electrons. The van der Waals surface area contributed by atoms with Crippen molar-refractivity contribution in [1.82, 2.24) is 14.8 Å². The maximum atomic E-state index is 13.1. The minimum atomic E-state index is -0.379. The number of urea groups is 1. The van der Waals surface area contributed by atoms with Crippen molar-refractivity contribution in [3.63, 3.8) is 0 Å². The zero-order valence-electron chi connectivity index (χ0n) is 22.2. The molecule has 0 atom stereocenters. The van der Waals surface area contributed by atoms with Crippen LogP contribution in [0.3, 0.4) is 0 Å². The lowest BCUT2D eigenvalue weighted by Crippen LogP contribution is -2.21. The molecule has 39 heavy (non-hydrogen) atoms. The van der Waals surface area contributed by atoms with Crippen LogP contribution in [0.25, 0.3) is 5.69 Å². The summed E-state index contributed by atoms with van der Waals surface area (Å²) in [4.78, 5) is 29.9. The molecule has 1 aliphatic heterocycles. The lowest BCUT2D eigenvalue weighted by Gasteiger charge is -2.19. The van der Waals surface area contributed by atoms with E-state index in [1.807, 2.05) is 54.8 Å². The Labute approximate surface area is 231 Å². The van der Waals surface area contributed by atoms with Crippen LogP contribution in [0, 0.1) is 0 Å². The van der Waals surface area contributed by atoms with Gasteiger partial charge in [0.15, 0.2) is 0 Å². The number of nitrogens with zero attached hydrogens (tertiary/aromatic N) is 3. The van der Waals surface area contributed by atoms with Gasteiger partial charge in [0.1, 0.15) is 23.1 Å².